The molecule has 3 nitrogen and oxygen atoms in total. The summed E-state index contributed by atoms with van der Waals surface area (Å²) >= 11 is 0. The van der Waals surface area contributed by atoms with Crippen molar-refractivity contribution in [3.63, 3.8) is 0 Å². The number of carbonyl (C=O) groups excluding carboxylic acids is 1. The first kappa shape index (κ1) is 24.2. The van der Waals surface area contributed by atoms with Crippen molar-refractivity contribution in [2.24, 2.45) is 0 Å². The first-order valence-electron chi connectivity index (χ1n) is 10.2. The van der Waals surface area contributed by atoms with E-state index in [0.717, 1.165) is 32.1 Å². The summed E-state index contributed by atoms with van der Waals surface area (Å²) in [5, 5.41) is 8.85. The molecule has 0 fully saturated rings. The van der Waals surface area contributed by atoms with Gasteiger partial charge < -0.3 is 4.74 Å². The molecular formula is C23H37NO2. The molecule has 0 aliphatic rings. The molecule has 3 heteroatoms. The highest BCUT2D eigenvalue weighted by atomic mass is 16.5. The van der Waals surface area contributed by atoms with Crippen molar-refractivity contribution in [1.82, 2.24) is 0 Å². The number of allylic oxidation sites excluding steroid dienone is 4. The van der Waals surface area contributed by atoms with Crippen molar-refractivity contribution >= 4 is 5.97 Å². The smallest absolute Gasteiger partial charge is 0.307 e. The van der Waals surface area contributed by atoms with Gasteiger partial charge in [0.2, 0.25) is 6.10 Å². The lowest BCUT2D eigenvalue weighted by Gasteiger charge is -2.10. The summed E-state index contributed by atoms with van der Waals surface area (Å²) in [7, 11) is 0. The molecule has 0 amide bonds. The van der Waals surface area contributed by atoms with Crippen molar-refractivity contribution in [3.05, 3.63) is 36.5 Å². The van der Waals surface area contributed by atoms with E-state index in [-0.39, 0.29) is 5.97 Å². The van der Waals surface area contributed by atoms with Gasteiger partial charge in [-0.05, 0) is 51.0 Å². The summed E-state index contributed by atoms with van der Waals surface area (Å²) in [6.45, 7) is 7.57. The Bertz CT molecular complexity index is 471. The highest BCUT2D eigenvalue weighted by molar-refractivity contribution is 5.70. The van der Waals surface area contributed by atoms with E-state index in [1.807, 2.05) is 6.07 Å². The first-order chi connectivity index (χ1) is 12.6. The van der Waals surface area contributed by atoms with Crippen LogP contribution in [0, 0.1) is 11.3 Å². The lowest BCUT2D eigenvalue weighted by molar-refractivity contribution is -0.145. The average molecular weight is 360 g/mol. The SMILES string of the molecule is C=C(C)C(C#N)OC(=O)CCCCCCC/C=C\C/C=C\CCCCC. The summed E-state index contributed by atoms with van der Waals surface area (Å²) in [5.74, 6) is -0.301. The van der Waals surface area contributed by atoms with Gasteiger partial charge in [-0.1, -0.05) is 69.9 Å². The van der Waals surface area contributed by atoms with Gasteiger partial charge in [0.25, 0.3) is 0 Å². The molecule has 26 heavy (non-hydrogen) atoms. The standard InChI is InChI=1S/C23H37NO2/c1-4-5-6-7-8-9-10-11-12-13-14-15-16-17-18-19-23(25)26-22(20-24)21(2)3/h8-9,11-12,22H,2,4-7,10,13-19H2,1,3H3/b9-8-,12-11-. The Labute approximate surface area is 160 Å². The Morgan fingerprint density at radius 3 is 2.15 bits per heavy atom. The molecule has 0 aromatic rings. The van der Waals surface area contributed by atoms with Crippen LogP contribution < -0.4 is 0 Å². The van der Waals surface area contributed by atoms with Crippen LogP contribution in [0.4, 0.5) is 0 Å². The molecule has 0 N–H and O–H groups in total. The van der Waals surface area contributed by atoms with Crippen LogP contribution in [-0.4, -0.2) is 12.1 Å². The number of hydrogen-bond acceptors (Lipinski definition) is 3. The summed E-state index contributed by atoms with van der Waals surface area (Å²) in [5.41, 5.74) is 0.570. The molecule has 0 aromatic heterocycles. The van der Waals surface area contributed by atoms with Gasteiger partial charge >= 0.3 is 5.97 Å². The second kappa shape index (κ2) is 18.0. The Morgan fingerprint density at radius 1 is 1.00 bits per heavy atom. The molecule has 0 bridgehead atoms. The topological polar surface area (TPSA) is 50.1 Å². The van der Waals surface area contributed by atoms with Gasteiger partial charge in [-0.25, -0.2) is 0 Å². The molecule has 0 spiro atoms. The minimum Gasteiger partial charge on any atom is -0.442 e. The van der Waals surface area contributed by atoms with Crippen LogP contribution in [-0.2, 0) is 9.53 Å². The third-order valence-corrected chi connectivity index (χ3v) is 4.15. The van der Waals surface area contributed by atoms with Gasteiger partial charge in [-0.2, -0.15) is 5.26 Å². The minimum absolute atomic E-state index is 0.301. The number of hydrogen-bond donors (Lipinski definition) is 0. The molecule has 1 unspecified atom stereocenters. The first-order valence-corrected chi connectivity index (χ1v) is 10.2. The van der Waals surface area contributed by atoms with E-state index in [1.54, 1.807) is 6.92 Å². The van der Waals surface area contributed by atoms with Crippen LogP contribution in [0.3, 0.4) is 0 Å². The van der Waals surface area contributed by atoms with E-state index in [4.69, 9.17) is 10.00 Å². The highest BCUT2D eigenvalue weighted by Gasteiger charge is 2.13. The lowest BCUT2D eigenvalue weighted by atomic mass is 10.1. The van der Waals surface area contributed by atoms with E-state index in [9.17, 15) is 4.79 Å². The molecular weight excluding hydrogens is 322 g/mol. The molecule has 0 aliphatic heterocycles. The van der Waals surface area contributed by atoms with Crippen molar-refractivity contribution < 1.29 is 9.53 Å². The largest absolute Gasteiger partial charge is 0.442 e. The maximum Gasteiger partial charge on any atom is 0.307 e. The fraction of sp³-hybridized carbons (Fsp3) is 0.652. The van der Waals surface area contributed by atoms with Gasteiger partial charge in [0, 0.05) is 6.42 Å². The van der Waals surface area contributed by atoms with E-state index in [1.165, 1.54) is 38.5 Å². The van der Waals surface area contributed by atoms with Crippen LogP contribution in [0.1, 0.15) is 90.9 Å². The van der Waals surface area contributed by atoms with Crippen molar-refractivity contribution in [1.29, 1.82) is 5.26 Å². The van der Waals surface area contributed by atoms with E-state index in [0.29, 0.717) is 12.0 Å². The summed E-state index contributed by atoms with van der Waals surface area (Å²) in [6, 6.07) is 1.93. The number of ether oxygens (including phenoxy) is 1. The number of nitriles is 1. The monoisotopic (exact) mass is 359 g/mol. The zero-order chi connectivity index (χ0) is 19.5. The predicted octanol–water partition coefficient (Wildman–Crippen LogP) is 6.81. The van der Waals surface area contributed by atoms with Crippen LogP contribution in [0.25, 0.3) is 0 Å². The van der Waals surface area contributed by atoms with Gasteiger partial charge in [-0.3, -0.25) is 4.79 Å². The molecule has 0 saturated heterocycles. The van der Waals surface area contributed by atoms with Gasteiger partial charge in [0.05, 0.1) is 0 Å². The Morgan fingerprint density at radius 2 is 1.58 bits per heavy atom. The molecule has 1 atom stereocenters. The molecule has 0 aliphatic carbocycles. The van der Waals surface area contributed by atoms with E-state index >= 15 is 0 Å². The van der Waals surface area contributed by atoms with Crippen molar-refractivity contribution in [3.8, 4) is 6.07 Å². The normalized spacial score (nSPS) is 12.3. The fourth-order valence-electron chi connectivity index (χ4n) is 2.51. The van der Waals surface area contributed by atoms with Crippen LogP contribution in [0.15, 0.2) is 36.5 Å². The maximum atomic E-state index is 11.6. The van der Waals surface area contributed by atoms with E-state index in [2.05, 4.69) is 37.8 Å². The molecule has 146 valence electrons. The molecule has 0 rings (SSSR count). The maximum absolute atomic E-state index is 11.6. The second-order valence-corrected chi connectivity index (χ2v) is 6.83. The number of nitrogens with zero attached hydrogens (tertiary/aromatic N) is 1. The van der Waals surface area contributed by atoms with Crippen LogP contribution in [0.5, 0.6) is 0 Å². The number of rotatable bonds is 16. The quantitative estimate of drug-likeness (QED) is 0.173. The summed E-state index contributed by atoms with van der Waals surface area (Å²) in [4.78, 5) is 11.6. The van der Waals surface area contributed by atoms with E-state index < -0.39 is 6.10 Å². The number of unbranched alkanes of at least 4 members (excludes halogenated alkanes) is 8. The Hall–Kier alpha value is -1.82. The third-order valence-electron chi connectivity index (χ3n) is 4.15. The van der Waals surface area contributed by atoms with Crippen LogP contribution in [0.2, 0.25) is 0 Å². The molecule has 0 saturated carbocycles. The zero-order valence-corrected chi connectivity index (χ0v) is 16.8. The highest BCUT2D eigenvalue weighted by Crippen LogP contribution is 2.10. The van der Waals surface area contributed by atoms with Gasteiger partial charge in [-0.15, -0.1) is 0 Å². The van der Waals surface area contributed by atoms with Gasteiger partial charge in [0.15, 0.2) is 0 Å². The zero-order valence-electron chi connectivity index (χ0n) is 16.8. The average Bonchev–Trinajstić information content (AvgIpc) is 2.62. The minimum atomic E-state index is -0.805. The summed E-state index contributed by atoms with van der Waals surface area (Å²) in [6.07, 6.45) is 21.4. The fourth-order valence-corrected chi connectivity index (χ4v) is 2.51. The van der Waals surface area contributed by atoms with Crippen molar-refractivity contribution in [2.45, 2.75) is 97.0 Å². The van der Waals surface area contributed by atoms with Crippen molar-refractivity contribution in [2.75, 3.05) is 0 Å². The van der Waals surface area contributed by atoms with Gasteiger partial charge in [0.1, 0.15) is 6.07 Å². The number of esters is 1. The Kier molecular flexibility index (Phi) is 16.7. The summed E-state index contributed by atoms with van der Waals surface area (Å²) < 4.78 is 5.07. The Balaban J connectivity index is 3.45. The predicted molar refractivity (Wildman–Crippen MR) is 110 cm³/mol. The number of carbonyl (C=O) groups is 1. The molecule has 0 radical (unpaired) electrons. The second-order valence-electron chi connectivity index (χ2n) is 6.83. The molecule has 0 heterocycles. The molecule has 0 aromatic carbocycles. The van der Waals surface area contributed by atoms with Crippen LogP contribution >= 0.6 is 0 Å². The lowest BCUT2D eigenvalue weighted by Crippen LogP contribution is -2.16. The third kappa shape index (κ3) is 15.7.